The van der Waals surface area contributed by atoms with Crippen LogP contribution >= 0.6 is 0 Å². The summed E-state index contributed by atoms with van der Waals surface area (Å²) in [5.74, 6) is 0.236. The fraction of sp³-hybridized carbons (Fsp3) is 0.0303. The zero-order valence-electron chi connectivity index (χ0n) is 19.8. The van der Waals surface area contributed by atoms with Crippen LogP contribution in [0.2, 0.25) is 0 Å². The van der Waals surface area contributed by atoms with Crippen LogP contribution in [0.15, 0.2) is 127 Å². The van der Waals surface area contributed by atoms with E-state index in [-0.39, 0.29) is 5.75 Å². The van der Waals surface area contributed by atoms with E-state index in [2.05, 4.69) is 42.5 Å². The number of rotatable bonds is 5. The molecule has 5 rings (SSSR count). The van der Waals surface area contributed by atoms with Gasteiger partial charge in [0.25, 0.3) is 0 Å². The molecule has 0 heterocycles. The van der Waals surface area contributed by atoms with Crippen molar-refractivity contribution in [3.05, 3.63) is 150 Å². The molecule has 0 aliphatic rings. The Kier molecular flexibility index (Phi) is 6.65. The molecule has 0 radical (unpaired) electrons. The monoisotopic (exact) mass is 492 g/mol. The van der Waals surface area contributed by atoms with Crippen LogP contribution in [0, 0.1) is 0 Å². The lowest BCUT2D eigenvalue weighted by Gasteiger charge is -2.12. The zero-order chi connectivity index (χ0) is 25.8. The summed E-state index contributed by atoms with van der Waals surface area (Å²) >= 11 is 0. The van der Waals surface area contributed by atoms with Crippen molar-refractivity contribution in [1.29, 1.82) is 0 Å². The van der Waals surface area contributed by atoms with Crippen LogP contribution in [0.5, 0.6) is 5.75 Å². The van der Waals surface area contributed by atoms with Gasteiger partial charge in [0.15, 0.2) is 0 Å². The minimum Gasteiger partial charge on any atom is -0.508 e. The minimum absolute atomic E-state index is 0.236. The topological polar surface area (TPSA) is 20.2 Å². The highest BCUT2D eigenvalue weighted by Gasteiger charge is 2.29. The van der Waals surface area contributed by atoms with Gasteiger partial charge in [0, 0.05) is 0 Å². The van der Waals surface area contributed by atoms with Crippen molar-refractivity contribution >= 4 is 11.6 Å². The molecule has 0 aromatic heterocycles. The van der Waals surface area contributed by atoms with E-state index in [0.29, 0.717) is 0 Å². The number of alkyl halides is 3. The van der Waals surface area contributed by atoms with Crippen LogP contribution in [-0.2, 0) is 6.18 Å². The van der Waals surface area contributed by atoms with Crippen LogP contribution in [0.3, 0.4) is 0 Å². The van der Waals surface area contributed by atoms with Gasteiger partial charge in [0.1, 0.15) is 5.75 Å². The summed E-state index contributed by atoms with van der Waals surface area (Å²) in [5, 5.41) is 9.54. The van der Waals surface area contributed by atoms with Crippen LogP contribution in [0.1, 0.15) is 22.3 Å². The van der Waals surface area contributed by atoms with E-state index in [1.807, 2.05) is 54.6 Å². The average molecular weight is 493 g/mol. The third kappa shape index (κ3) is 5.65. The van der Waals surface area contributed by atoms with Crippen molar-refractivity contribution in [2.45, 2.75) is 6.18 Å². The third-order valence-corrected chi connectivity index (χ3v) is 6.25. The molecule has 0 unspecified atom stereocenters. The van der Waals surface area contributed by atoms with Gasteiger partial charge < -0.3 is 5.11 Å². The van der Waals surface area contributed by atoms with Crippen LogP contribution in [-0.4, -0.2) is 5.11 Å². The Hall–Kier alpha value is -4.57. The quantitative estimate of drug-likeness (QED) is 0.242. The molecule has 0 amide bonds. The Morgan fingerprint density at radius 2 is 0.946 bits per heavy atom. The second-order valence-corrected chi connectivity index (χ2v) is 8.75. The van der Waals surface area contributed by atoms with Gasteiger partial charge in [-0.15, -0.1) is 0 Å². The van der Waals surface area contributed by atoms with Gasteiger partial charge in [-0.25, -0.2) is 0 Å². The number of phenolic OH excluding ortho intramolecular Hbond substituents is 1. The first-order chi connectivity index (χ1) is 17.9. The molecule has 0 saturated heterocycles. The summed E-state index contributed by atoms with van der Waals surface area (Å²) in [6, 6.07) is 38.5. The maximum Gasteiger partial charge on any atom is 0.416 e. The van der Waals surface area contributed by atoms with Gasteiger partial charge in [-0.3, -0.25) is 0 Å². The number of hydrogen-bond acceptors (Lipinski definition) is 1. The number of hydrogen-bond donors (Lipinski definition) is 1. The van der Waals surface area contributed by atoms with Gasteiger partial charge in [-0.1, -0.05) is 103 Å². The second-order valence-electron chi connectivity index (χ2n) is 8.75. The predicted molar refractivity (Wildman–Crippen MR) is 144 cm³/mol. The van der Waals surface area contributed by atoms with Gasteiger partial charge in [0.05, 0.1) is 5.56 Å². The highest BCUT2D eigenvalue weighted by atomic mass is 19.4. The van der Waals surface area contributed by atoms with Crippen molar-refractivity contribution in [2.75, 3.05) is 0 Å². The van der Waals surface area contributed by atoms with Gasteiger partial charge >= 0.3 is 6.18 Å². The van der Waals surface area contributed by atoms with Gasteiger partial charge in [-0.05, 0) is 74.9 Å². The van der Waals surface area contributed by atoms with Crippen molar-refractivity contribution in [3.8, 4) is 28.0 Å². The van der Waals surface area contributed by atoms with E-state index in [0.717, 1.165) is 56.6 Å². The number of aromatic hydroxyl groups is 1. The van der Waals surface area contributed by atoms with Gasteiger partial charge in [0.2, 0.25) is 0 Å². The molecule has 0 fully saturated rings. The molecular weight excluding hydrogens is 469 g/mol. The predicted octanol–water partition coefficient (Wildman–Crippen LogP) is 9.33. The molecule has 0 atom stereocenters. The highest BCUT2D eigenvalue weighted by Crippen LogP contribution is 2.32. The average Bonchev–Trinajstić information content (AvgIpc) is 2.93. The van der Waals surface area contributed by atoms with E-state index in [1.165, 1.54) is 12.1 Å². The fourth-order valence-electron chi connectivity index (χ4n) is 4.24. The minimum atomic E-state index is -4.35. The van der Waals surface area contributed by atoms with Crippen molar-refractivity contribution in [1.82, 2.24) is 0 Å². The Labute approximate surface area is 213 Å². The number of phenols is 1. The molecule has 4 heteroatoms. The molecule has 1 N–H and O–H groups in total. The van der Waals surface area contributed by atoms with Crippen molar-refractivity contribution < 1.29 is 18.3 Å². The maximum absolute atomic E-state index is 12.9. The Morgan fingerprint density at radius 1 is 0.514 bits per heavy atom. The van der Waals surface area contributed by atoms with Crippen LogP contribution in [0.25, 0.3) is 33.9 Å². The van der Waals surface area contributed by atoms with E-state index in [9.17, 15) is 18.3 Å². The highest BCUT2D eigenvalue weighted by molar-refractivity contribution is 5.92. The van der Waals surface area contributed by atoms with Crippen molar-refractivity contribution in [2.24, 2.45) is 0 Å². The van der Waals surface area contributed by atoms with E-state index < -0.39 is 11.7 Å². The lowest BCUT2D eigenvalue weighted by molar-refractivity contribution is -0.137. The fourth-order valence-corrected chi connectivity index (χ4v) is 4.24. The summed E-state index contributed by atoms with van der Waals surface area (Å²) in [6.07, 6.45) is -2.22. The third-order valence-electron chi connectivity index (χ3n) is 6.25. The lowest BCUT2D eigenvalue weighted by atomic mass is 9.93. The molecule has 0 aliphatic carbocycles. The molecule has 5 aromatic carbocycles. The largest absolute Gasteiger partial charge is 0.508 e. The Bertz CT molecular complexity index is 1500. The summed E-state index contributed by atoms with van der Waals surface area (Å²) < 4.78 is 38.7. The molecule has 5 aromatic rings. The Balaban J connectivity index is 1.46. The van der Waals surface area contributed by atoms with Crippen LogP contribution < -0.4 is 0 Å². The lowest BCUT2D eigenvalue weighted by Crippen LogP contribution is -2.03. The van der Waals surface area contributed by atoms with Crippen molar-refractivity contribution in [3.63, 3.8) is 0 Å². The SMILES string of the molecule is Oc1ccc(-c2ccc(/C=C(\c3ccccc3)c3ccc(-c4ccc(C(F)(F)F)cc4)cc3)cc2)cc1. The molecule has 0 spiro atoms. The van der Waals surface area contributed by atoms with Crippen LogP contribution in [0.4, 0.5) is 13.2 Å². The molecule has 1 nitrogen and oxygen atoms in total. The first-order valence-corrected chi connectivity index (χ1v) is 11.8. The summed E-state index contributed by atoms with van der Waals surface area (Å²) in [7, 11) is 0. The molecule has 0 bridgehead atoms. The first-order valence-electron chi connectivity index (χ1n) is 11.8. The van der Waals surface area contributed by atoms with Gasteiger partial charge in [-0.2, -0.15) is 13.2 Å². The zero-order valence-corrected chi connectivity index (χ0v) is 19.8. The summed E-state index contributed by atoms with van der Waals surface area (Å²) in [5.41, 5.74) is 7.15. The smallest absolute Gasteiger partial charge is 0.416 e. The molecule has 0 saturated carbocycles. The summed E-state index contributed by atoms with van der Waals surface area (Å²) in [4.78, 5) is 0. The molecule has 37 heavy (non-hydrogen) atoms. The molecule has 182 valence electrons. The van der Waals surface area contributed by atoms with E-state index in [4.69, 9.17) is 0 Å². The van der Waals surface area contributed by atoms with E-state index >= 15 is 0 Å². The summed E-state index contributed by atoms with van der Waals surface area (Å²) in [6.45, 7) is 0. The second kappa shape index (κ2) is 10.2. The molecular formula is C33H23F3O. The van der Waals surface area contributed by atoms with E-state index in [1.54, 1.807) is 12.1 Å². The molecule has 0 aliphatic heterocycles. The Morgan fingerprint density at radius 3 is 1.46 bits per heavy atom. The standard InChI is InChI=1S/C33H23F3O/c34-33(35,36)30-18-14-26(15-19-30)25-10-12-29(13-11-25)32(28-4-2-1-3-5-28)22-23-6-8-24(9-7-23)27-16-20-31(37)21-17-27/h1-22,37H/b32-22+. The number of benzene rings is 5. The maximum atomic E-state index is 12.9. The first kappa shape index (κ1) is 24.1. The number of halogens is 3. The normalized spacial score (nSPS) is 11.9.